The molecular formula is C25H21ClN2O4S. The van der Waals surface area contributed by atoms with Crippen LogP contribution in [0.3, 0.4) is 0 Å². The van der Waals surface area contributed by atoms with Crippen molar-refractivity contribution in [3.05, 3.63) is 76.1 Å². The number of carbonyl (C=O) groups excluding carboxylic acids is 1. The quantitative estimate of drug-likeness (QED) is 0.264. The first kappa shape index (κ1) is 22.9. The molecule has 1 aromatic heterocycles. The van der Waals surface area contributed by atoms with Crippen molar-refractivity contribution in [3.63, 3.8) is 0 Å². The fourth-order valence-corrected chi connectivity index (χ4v) is 3.91. The predicted octanol–water partition coefficient (Wildman–Crippen LogP) is 4.95. The maximum absolute atomic E-state index is 12.7. The van der Waals surface area contributed by atoms with Gasteiger partial charge in [-0.25, -0.2) is 0 Å². The molecule has 4 rings (SSSR count). The second-order valence-electron chi connectivity index (χ2n) is 7.10. The van der Waals surface area contributed by atoms with E-state index in [2.05, 4.69) is 22.1 Å². The van der Waals surface area contributed by atoms with E-state index in [9.17, 15) is 9.90 Å². The molecule has 0 fully saturated rings. The van der Waals surface area contributed by atoms with Crippen molar-refractivity contribution in [2.75, 3.05) is 24.6 Å². The number of halogens is 1. The number of hydrogen-bond acceptors (Lipinski definition) is 5. The zero-order chi connectivity index (χ0) is 23.4. The highest BCUT2D eigenvalue weighted by molar-refractivity contribution is 7.98. The van der Waals surface area contributed by atoms with E-state index in [-0.39, 0.29) is 5.91 Å². The standard InChI is InChI=1S/C25H21ClN2O4S/c1-31-22-10-11-27-20(22)13-18-24-15(4-3-5-19(24)28-25(18)30)6-9-21(29)17-8-7-16(26)12-23(17)32-14-33-2/h3-5,7-8,10-13,21,27,29H,14H2,1-2H3,(H,28,30)/b18-13-. The lowest BCUT2D eigenvalue weighted by Crippen LogP contribution is -2.03. The van der Waals surface area contributed by atoms with E-state index in [1.54, 1.807) is 43.6 Å². The molecule has 3 N–H and O–H groups in total. The monoisotopic (exact) mass is 480 g/mol. The van der Waals surface area contributed by atoms with Crippen LogP contribution >= 0.6 is 23.4 Å². The van der Waals surface area contributed by atoms with Gasteiger partial charge in [0.2, 0.25) is 0 Å². The van der Waals surface area contributed by atoms with Gasteiger partial charge in [0.15, 0.2) is 0 Å². The molecule has 168 valence electrons. The Kier molecular flexibility index (Phi) is 6.99. The number of aliphatic hydroxyl groups excluding tert-OH is 1. The highest BCUT2D eigenvalue weighted by atomic mass is 35.5. The first-order valence-corrected chi connectivity index (χ1v) is 11.8. The first-order chi connectivity index (χ1) is 16.0. The number of aromatic nitrogens is 1. The Bertz CT molecular complexity index is 1290. The number of nitrogens with one attached hydrogen (secondary N) is 2. The minimum absolute atomic E-state index is 0.234. The summed E-state index contributed by atoms with van der Waals surface area (Å²) in [6.07, 6.45) is 4.29. The van der Waals surface area contributed by atoms with Crippen molar-refractivity contribution in [1.82, 2.24) is 4.98 Å². The normalized spacial score (nSPS) is 14.3. The lowest BCUT2D eigenvalue weighted by Gasteiger charge is -2.12. The van der Waals surface area contributed by atoms with Crippen molar-refractivity contribution >= 4 is 46.6 Å². The lowest BCUT2D eigenvalue weighted by atomic mass is 9.99. The average Bonchev–Trinajstić information content (AvgIpc) is 3.40. The predicted molar refractivity (Wildman–Crippen MR) is 133 cm³/mol. The van der Waals surface area contributed by atoms with Crippen molar-refractivity contribution < 1.29 is 19.4 Å². The number of aromatic amines is 1. The summed E-state index contributed by atoms with van der Waals surface area (Å²) in [7, 11) is 1.57. The number of ether oxygens (including phenoxy) is 2. The zero-order valence-corrected chi connectivity index (χ0v) is 19.5. The SMILES string of the molecule is COc1cc[nH]c1/C=C1\C(=O)Nc2cccc(C#CC(O)c3ccc(Cl)cc3OCSC)c21. The van der Waals surface area contributed by atoms with E-state index in [1.807, 2.05) is 24.5 Å². The molecule has 0 spiro atoms. The van der Waals surface area contributed by atoms with Crippen LogP contribution < -0.4 is 14.8 Å². The van der Waals surface area contributed by atoms with Gasteiger partial charge in [-0.2, -0.15) is 0 Å². The molecule has 6 nitrogen and oxygen atoms in total. The van der Waals surface area contributed by atoms with Gasteiger partial charge >= 0.3 is 0 Å². The Balaban J connectivity index is 1.71. The van der Waals surface area contributed by atoms with Crippen molar-refractivity contribution in [2.24, 2.45) is 0 Å². The Hall–Kier alpha value is -3.31. The first-order valence-electron chi connectivity index (χ1n) is 10.0. The number of methoxy groups -OCH3 is 1. The Morgan fingerprint density at radius 3 is 2.88 bits per heavy atom. The number of rotatable bonds is 6. The molecule has 1 aliphatic rings. The number of H-pyrrole nitrogens is 1. The van der Waals surface area contributed by atoms with Gasteiger partial charge in [0.25, 0.3) is 5.91 Å². The minimum atomic E-state index is -1.10. The largest absolute Gasteiger partial charge is 0.495 e. The molecule has 1 aliphatic heterocycles. The molecule has 1 atom stereocenters. The maximum atomic E-state index is 12.7. The minimum Gasteiger partial charge on any atom is -0.495 e. The van der Waals surface area contributed by atoms with E-state index in [0.717, 1.165) is 0 Å². The van der Waals surface area contributed by atoms with E-state index in [1.165, 1.54) is 11.8 Å². The molecule has 0 bridgehead atoms. The fourth-order valence-electron chi connectivity index (χ4n) is 3.50. The number of hydrogen-bond donors (Lipinski definition) is 3. The van der Waals surface area contributed by atoms with Crippen molar-refractivity contribution in [1.29, 1.82) is 0 Å². The van der Waals surface area contributed by atoms with Crippen LogP contribution in [0.5, 0.6) is 11.5 Å². The second kappa shape index (κ2) is 10.1. The smallest absolute Gasteiger partial charge is 0.256 e. The van der Waals surface area contributed by atoms with Crippen LogP contribution in [0.15, 0.2) is 48.7 Å². The van der Waals surface area contributed by atoms with Crippen LogP contribution in [0.2, 0.25) is 5.02 Å². The second-order valence-corrected chi connectivity index (χ2v) is 8.35. The van der Waals surface area contributed by atoms with E-state index in [4.69, 9.17) is 21.1 Å². The molecule has 2 aromatic carbocycles. The molecule has 0 radical (unpaired) electrons. The molecule has 0 aliphatic carbocycles. The van der Waals surface area contributed by atoms with Gasteiger partial charge in [0.1, 0.15) is 23.5 Å². The summed E-state index contributed by atoms with van der Waals surface area (Å²) in [5.74, 6) is 7.20. The van der Waals surface area contributed by atoms with Gasteiger partial charge in [0.05, 0.1) is 24.1 Å². The summed E-state index contributed by atoms with van der Waals surface area (Å²) in [4.78, 5) is 15.8. The summed E-state index contributed by atoms with van der Waals surface area (Å²) in [5, 5.41) is 14.1. The summed E-state index contributed by atoms with van der Waals surface area (Å²) in [6.45, 7) is 0. The van der Waals surface area contributed by atoms with Gasteiger partial charge in [-0.05, 0) is 42.7 Å². The van der Waals surface area contributed by atoms with Gasteiger partial charge in [-0.1, -0.05) is 35.6 Å². The molecule has 0 saturated carbocycles. The van der Waals surface area contributed by atoms with E-state index >= 15 is 0 Å². The van der Waals surface area contributed by atoms with Crippen LogP contribution in [0.1, 0.15) is 28.5 Å². The third-order valence-corrected chi connectivity index (χ3v) is 5.61. The number of aliphatic hydroxyl groups is 1. The van der Waals surface area contributed by atoms with Crippen LogP contribution in [-0.4, -0.2) is 35.3 Å². The van der Waals surface area contributed by atoms with Crippen LogP contribution in [0.4, 0.5) is 5.69 Å². The summed E-state index contributed by atoms with van der Waals surface area (Å²) in [5.41, 5.74) is 3.61. The number of anilines is 1. The number of benzene rings is 2. The zero-order valence-electron chi connectivity index (χ0n) is 17.9. The fraction of sp³-hybridized carbons (Fsp3) is 0.160. The van der Waals surface area contributed by atoms with Gasteiger partial charge < -0.3 is 24.9 Å². The average molecular weight is 481 g/mol. The van der Waals surface area contributed by atoms with Crippen LogP contribution in [-0.2, 0) is 4.79 Å². The molecule has 2 heterocycles. The molecule has 33 heavy (non-hydrogen) atoms. The summed E-state index contributed by atoms with van der Waals surface area (Å²) >= 11 is 7.60. The number of fused-ring (bicyclic) bond motifs is 1. The molecule has 3 aromatic rings. The lowest BCUT2D eigenvalue weighted by molar-refractivity contribution is -0.110. The highest BCUT2D eigenvalue weighted by Crippen LogP contribution is 2.37. The summed E-state index contributed by atoms with van der Waals surface area (Å²) in [6, 6.07) is 12.3. The van der Waals surface area contributed by atoms with Crippen LogP contribution in [0.25, 0.3) is 11.6 Å². The van der Waals surface area contributed by atoms with Gasteiger partial charge in [0, 0.05) is 27.9 Å². The molecule has 1 amide bonds. The van der Waals surface area contributed by atoms with Crippen molar-refractivity contribution in [2.45, 2.75) is 6.10 Å². The molecule has 0 saturated heterocycles. The Morgan fingerprint density at radius 2 is 2.09 bits per heavy atom. The third kappa shape index (κ3) is 4.88. The number of carbonyl (C=O) groups is 1. The molecular weight excluding hydrogens is 460 g/mol. The Morgan fingerprint density at radius 1 is 1.24 bits per heavy atom. The highest BCUT2D eigenvalue weighted by Gasteiger charge is 2.27. The van der Waals surface area contributed by atoms with Gasteiger partial charge in [-0.3, -0.25) is 4.79 Å². The third-order valence-electron chi connectivity index (χ3n) is 5.02. The number of thioether (sulfide) groups is 1. The van der Waals surface area contributed by atoms with E-state index in [0.29, 0.717) is 56.1 Å². The van der Waals surface area contributed by atoms with Crippen LogP contribution in [0, 0.1) is 11.8 Å². The Labute approximate surface area is 201 Å². The maximum Gasteiger partial charge on any atom is 0.256 e. The van der Waals surface area contributed by atoms with E-state index < -0.39 is 6.10 Å². The summed E-state index contributed by atoms with van der Waals surface area (Å²) < 4.78 is 11.0. The molecule has 8 heteroatoms. The molecule has 1 unspecified atom stereocenters. The van der Waals surface area contributed by atoms with Crippen molar-refractivity contribution in [3.8, 4) is 23.3 Å². The number of amides is 1. The topological polar surface area (TPSA) is 83.6 Å². The van der Waals surface area contributed by atoms with Gasteiger partial charge in [-0.15, -0.1) is 11.8 Å².